The molecule has 1 aromatic rings. The second-order valence-electron chi connectivity index (χ2n) is 5.07. The van der Waals surface area contributed by atoms with Gasteiger partial charge in [-0.25, -0.2) is 4.98 Å². The molecule has 1 heterocycles. The van der Waals surface area contributed by atoms with Gasteiger partial charge in [0, 0.05) is 18.3 Å². The van der Waals surface area contributed by atoms with Gasteiger partial charge in [-0.2, -0.15) is 0 Å². The maximum Gasteiger partial charge on any atom is 0.125 e. The van der Waals surface area contributed by atoms with E-state index in [1.54, 1.807) is 6.20 Å². The third-order valence-corrected chi connectivity index (χ3v) is 3.53. The molecule has 4 heteroatoms. The summed E-state index contributed by atoms with van der Waals surface area (Å²) in [6.45, 7) is 5.58. The zero-order valence-electron chi connectivity index (χ0n) is 9.66. The molecule has 1 aliphatic rings. The topological polar surface area (TPSA) is 50.9 Å². The smallest absolute Gasteiger partial charge is 0.125 e. The molecule has 1 atom stereocenters. The first-order chi connectivity index (χ1) is 7.49. The Morgan fingerprint density at radius 2 is 2.31 bits per heavy atom. The van der Waals surface area contributed by atoms with E-state index in [1.807, 2.05) is 12.1 Å². The quantitative estimate of drug-likeness (QED) is 0.785. The number of thiocarbonyl (C=S) groups is 1. The molecule has 0 aliphatic heterocycles. The molecule has 86 valence electrons. The molecule has 3 N–H and O–H groups in total. The Morgan fingerprint density at radius 3 is 2.75 bits per heavy atom. The Morgan fingerprint density at radius 1 is 1.62 bits per heavy atom. The van der Waals surface area contributed by atoms with Crippen molar-refractivity contribution in [3.63, 3.8) is 0 Å². The molecule has 1 saturated carbocycles. The number of rotatable bonds is 4. The van der Waals surface area contributed by atoms with E-state index in [-0.39, 0.29) is 0 Å². The molecule has 1 aliphatic carbocycles. The molecular weight excluding hydrogens is 218 g/mol. The maximum atomic E-state index is 5.50. The minimum Gasteiger partial charge on any atom is -0.389 e. The van der Waals surface area contributed by atoms with Gasteiger partial charge in [-0.1, -0.05) is 26.1 Å². The van der Waals surface area contributed by atoms with Crippen molar-refractivity contribution in [3.05, 3.63) is 23.9 Å². The zero-order valence-corrected chi connectivity index (χ0v) is 10.5. The third kappa shape index (κ3) is 2.50. The van der Waals surface area contributed by atoms with Gasteiger partial charge >= 0.3 is 0 Å². The molecule has 0 spiro atoms. The molecule has 0 saturated heterocycles. The number of hydrogen-bond donors (Lipinski definition) is 2. The summed E-state index contributed by atoms with van der Waals surface area (Å²) >= 11 is 4.87. The van der Waals surface area contributed by atoms with Crippen LogP contribution >= 0.6 is 12.2 Å². The lowest BCUT2D eigenvalue weighted by atomic mass is 10.1. The van der Waals surface area contributed by atoms with Crippen LogP contribution in [0.3, 0.4) is 0 Å². The summed E-state index contributed by atoms with van der Waals surface area (Å²) in [7, 11) is 0. The summed E-state index contributed by atoms with van der Waals surface area (Å²) < 4.78 is 0. The van der Waals surface area contributed by atoms with Gasteiger partial charge in [0.05, 0.1) is 0 Å². The van der Waals surface area contributed by atoms with Crippen LogP contribution < -0.4 is 11.1 Å². The van der Waals surface area contributed by atoms with Crippen molar-refractivity contribution in [2.75, 3.05) is 11.9 Å². The molecule has 1 fully saturated rings. The average Bonchev–Trinajstić information content (AvgIpc) is 2.84. The number of nitrogens with zero attached hydrogens (tertiary/aromatic N) is 1. The first kappa shape index (κ1) is 11.3. The number of anilines is 1. The molecular formula is C12H17N3S. The molecule has 0 amide bonds. The van der Waals surface area contributed by atoms with Crippen molar-refractivity contribution in [1.29, 1.82) is 0 Å². The van der Waals surface area contributed by atoms with Gasteiger partial charge in [0.1, 0.15) is 10.8 Å². The van der Waals surface area contributed by atoms with Crippen molar-refractivity contribution in [1.82, 2.24) is 4.98 Å². The van der Waals surface area contributed by atoms with Gasteiger partial charge in [-0.15, -0.1) is 0 Å². The van der Waals surface area contributed by atoms with E-state index >= 15 is 0 Å². The van der Waals surface area contributed by atoms with Gasteiger partial charge in [-0.3, -0.25) is 0 Å². The zero-order chi connectivity index (χ0) is 11.8. The molecule has 1 unspecified atom stereocenters. The summed E-state index contributed by atoms with van der Waals surface area (Å²) in [6, 6.07) is 3.82. The predicted octanol–water partition coefficient (Wildman–Crippen LogP) is 2.17. The fraction of sp³-hybridized carbons (Fsp3) is 0.500. The number of aromatic nitrogens is 1. The van der Waals surface area contributed by atoms with Crippen LogP contribution in [0.4, 0.5) is 5.82 Å². The normalized spacial score (nSPS) is 21.5. The van der Waals surface area contributed by atoms with E-state index < -0.39 is 0 Å². The fourth-order valence-electron chi connectivity index (χ4n) is 1.80. The first-order valence-corrected chi connectivity index (χ1v) is 5.89. The van der Waals surface area contributed by atoms with Crippen LogP contribution in [0.2, 0.25) is 0 Å². The van der Waals surface area contributed by atoms with Crippen LogP contribution in [0.15, 0.2) is 18.3 Å². The third-order valence-electron chi connectivity index (χ3n) is 3.30. The second-order valence-corrected chi connectivity index (χ2v) is 5.51. The molecule has 3 nitrogen and oxygen atoms in total. The van der Waals surface area contributed by atoms with E-state index in [4.69, 9.17) is 18.0 Å². The summed E-state index contributed by atoms with van der Waals surface area (Å²) in [4.78, 5) is 4.66. The van der Waals surface area contributed by atoms with Crippen LogP contribution in [0.25, 0.3) is 0 Å². The van der Waals surface area contributed by atoms with Crippen LogP contribution in [0, 0.1) is 11.3 Å². The SMILES string of the molecule is CC1(C)CC1CNc1ccc(C(N)=S)cn1. The minimum absolute atomic E-state index is 0.391. The number of pyridine rings is 1. The Bertz CT molecular complexity index is 397. The van der Waals surface area contributed by atoms with Crippen LogP contribution in [-0.4, -0.2) is 16.5 Å². The molecule has 2 rings (SSSR count). The van der Waals surface area contributed by atoms with E-state index in [1.165, 1.54) is 6.42 Å². The van der Waals surface area contributed by atoms with Gasteiger partial charge in [-0.05, 0) is 29.9 Å². The molecule has 0 aromatic carbocycles. The van der Waals surface area contributed by atoms with Gasteiger partial charge in [0.25, 0.3) is 0 Å². The number of nitrogens with one attached hydrogen (secondary N) is 1. The average molecular weight is 235 g/mol. The summed E-state index contributed by atoms with van der Waals surface area (Å²) in [5, 5.41) is 3.33. The van der Waals surface area contributed by atoms with Crippen molar-refractivity contribution in [3.8, 4) is 0 Å². The number of nitrogens with two attached hydrogens (primary N) is 1. The van der Waals surface area contributed by atoms with Crippen LogP contribution in [-0.2, 0) is 0 Å². The Kier molecular flexibility index (Phi) is 2.84. The molecule has 0 radical (unpaired) electrons. The highest BCUT2D eigenvalue weighted by atomic mass is 32.1. The monoisotopic (exact) mass is 235 g/mol. The molecule has 1 aromatic heterocycles. The summed E-state index contributed by atoms with van der Waals surface area (Å²) in [6.07, 6.45) is 3.01. The lowest BCUT2D eigenvalue weighted by Gasteiger charge is -2.07. The molecule has 16 heavy (non-hydrogen) atoms. The van der Waals surface area contributed by atoms with Crippen molar-refractivity contribution in [2.24, 2.45) is 17.1 Å². The maximum absolute atomic E-state index is 5.50. The highest BCUT2D eigenvalue weighted by molar-refractivity contribution is 7.80. The second kappa shape index (κ2) is 4.01. The van der Waals surface area contributed by atoms with E-state index in [0.29, 0.717) is 10.4 Å². The highest BCUT2D eigenvalue weighted by Gasteiger charge is 2.44. The highest BCUT2D eigenvalue weighted by Crippen LogP contribution is 2.51. The summed E-state index contributed by atoms with van der Waals surface area (Å²) in [5.74, 6) is 1.66. The van der Waals surface area contributed by atoms with Gasteiger partial charge in [0.2, 0.25) is 0 Å². The molecule has 0 bridgehead atoms. The predicted molar refractivity (Wildman–Crippen MR) is 70.5 cm³/mol. The Labute approximate surface area is 101 Å². The Balaban J connectivity index is 1.88. The largest absolute Gasteiger partial charge is 0.389 e. The van der Waals surface area contributed by atoms with E-state index in [0.717, 1.165) is 23.8 Å². The lowest BCUT2D eigenvalue weighted by Crippen LogP contribution is -2.11. The van der Waals surface area contributed by atoms with Gasteiger partial charge in [0.15, 0.2) is 0 Å². The van der Waals surface area contributed by atoms with Crippen molar-refractivity contribution < 1.29 is 0 Å². The minimum atomic E-state index is 0.391. The lowest BCUT2D eigenvalue weighted by molar-refractivity contribution is 0.573. The van der Waals surface area contributed by atoms with Gasteiger partial charge < -0.3 is 11.1 Å². The first-order valence-electron chi connectivity index (χ1n) is 5.49. The Hall–Kier alpha value is -1.16. The summed E-state index contributed by atoms with van der Waals surface area (Å²) in [5.41, 5.74) is 6.82. The standard InChI is InChI=1S/C12H17N3S/c1-12(2)5-9(12)7-15-10-4-3-8(6-14-10)11(13)16/h3-4,6,9H,5,7H2,1-2H3,(H2,13,16)(H,14,15). The van der Waals surface area contributed by atoms with Crippen molar-refractivity contribution in [2.45, 2.75) is 20.3 Å². The van der Waals surface area contributed by atoms with E-state index in [9.17, 15) is 0 Å². The fourth-order valence-corrected chi connectivity index (χ4v) is 1.92. The number of hydrogen-bond acceptors (Lipinski definition) is 3. The van der Waals surface area contributed by atoms with Crippen molar-refractivity contribution >= 4 is 23.0 Å². The van der Waals surface area contributed by atoms with Crippen LogP contribution in [0.1, 0.15) is 25.8 Å². The van der Waals surface area contributed by atoms with Crippen LogP contribution in [0.5, 0.6) is 0 Å². The van der Waals surface area contributed by atoms with E-state index in [2.05, 4.69) is 24.1 Å².